The smallest absolute Gasteiger partial charge is 0.404 e. The summed E-state index contributed by atoms with van der Waals surface area (Å²) in [6, 6.07) is 0. The lowest BCUT2D eigenvalue weighted by Crippen LogP contribution is -3.06. The van der Waals surface area contributed by atoms with E-state index in [2.05, 4.69) is 8.37 Å². The third-order valence-corrected chi connectivity index (χ3v) is 2.18. The number of nitrogens with one attached hydrogen (secondary N) is 1. The Labute approximate surface area is 103 Å². The van der Waals surface area contributed by atoms with Gasteiger partial charge in [-0.05, 0) is 6.92 Å². The summed E-state index contributed by atoms with van der Waals surface area (Å²) in [6.45, 7) is 3.07. The van der Waals surface area contributed by atoms with Crippen LogP contribution in [0.3, 0.4) is 0 Å². The van der Waals surface area contributed by atoms with Crippen LogP contribution in [0.4, 0.5) is 0 Å². The molecule has 1 atom stereocenters. The average molecular weight is 273 g/mol. The van der Waals surface area contributed by atoms with E-state index in [1.165, 1.54) is 6.92 Å². The van der Waals surface area contributed by atoms with Crippen molar-refractivity contribution in [3.8, 4) is 0 Å². The van der Waals surface area contributed by atoms with E-state index in [-0.39, 0.29) is 19.9 Å². The molecule has 0 aliphatic rings. The number of quaternary nitrogens is 1. The van der Waals surface area contributed by atoms with Crippen molar-refractivity contribution in [2.24, 2.45) is 0 Å². The highest BCUT2D eigenvalue weighted by Crippen LogP contribution is 1.99. The van der Waals surface area contributed by atoms with E-state index in [0.29, 0.717) is 0 Å². The van der Waals surface area contributed by atoms with E-state index >= 15 is 0 Å². The van der Waals surface area contributed by atoms with E-state index in [9.17, 15) is 8.42 Å². The highest BCUT2D eigenvalue weighted by molar-refractivity contribution is 7.81. The van der Waals surface area contributed by atoms with Crippen LogP contribution in [-0.4, -0.2) is 58.8 Å². The first-order valence-electron chi connectivity index (χ1n) is 5.15. The quantitative estimate of drug-likeness (QED) is 0.365. The minimum absolute atomic E-state index is 0.000478. The van der Waals surface area contributed by atoms with Crippen molar-refractivity contribution in [2.45, 2.75) is 20.0 Å². The maximum Gasteiger partial charge on any atom is 0.404 e. The highest BCUT2D eigenvalue weighted by Gasteiger charge is 2.17. The molecule has 1 unspecified atom stereocenters. The molecule has 0 aliphatic carbocycles. The van der Waals surface area contributed by atoms with Gasteiger partial charge >= 0.3 is 10.4 Å². The third-order valence-electron chi connectivity index (χ3n) is 1.21. The Hall–Kier alpha value is -0.250. The normalized spacial score (nSPS) is 13.1. The number of aliphatic hydroxyl groups excluding tert-OH is 2. The van der Waals surface area contributed by atoms with Crippen molar-refractivity contribution in [1.82, 2.24) is 0 Å². The Morgan fingerprint density at radius 3 is 2.12 bits per heavy atom. The Balaban J connectivity index is 0. The van der Waals surface area contributed by atoms with Gasteiger partial charge in [0.2, 0.25) is 6.73 Å². The van der Waals surface area contributed by atoms with E-state index in [1.54, 1.807) is 27.4 Å². The summed E-state index contributed by atoms with van der Waals surface area (Å²) in [6.07, 6.45) is 0.905. The minimum atomic E-state index is -3.97. The predicted molar refractivity (Wildman–Crippen MR) is 62.4 cm³/mol. The zero-order valence-corrected chi connectivity index (χ0v) is 11.5. The molecular formula is C9H23NO6S. The predicted octanol–water partition coefficient (Wildman–Crippen LogP) is -2.05. The van der Waals surface area contributed by atoms with Gasteiger partial charge in [0.15, 0.2) is 0 Å². The molecule has 0 fully saturated rings. The van der Waals surface area contributed by atoms with Gasteiger partial charge in [-0.1, -0.05) is 6.61 Å². The van der Waals surface area contributed by atoms with Crippen molar-refractivity contribution >= 4 is 10.4 Å². The molecule has 0 aromatic rings. The topological polar surface area (TPSA) is 97.5 Å². The maximum absolute atomic E-state index is 10.9. The standard InChI is InChI=1S/C6H15NO5S.C3H7O/c1-6(4-8)12-13(9,10)11-5-7(2)3;1-2-3-4/h6,8H,4-5H2,1-3H3;2,4H,3H2,1H3/q;-1/p+1. The first-order chi connectivity index (χ1) is 7.79. The molecule has 0 aromatic heterocycles. The molecule has 8 heteroatoms. The molecule has 0 radical (unpaired) electrons. The van der Waals surface area contributed by atoms with Crippen molar-refractivity contribution in [3.05, 3.63) is 6.42 Å². The van der Waals surface area contributed by atoms with Gasteiger partial charge in [0.25, 0.3) is 0 Å². The van der Waals surface area contributed by atoms with E-state index < -0.39 is 16.5 Å². The summed E-state index contributed by atoms with van der Waals surface area (Å²) in [4.78, 5) is 0.823. The van der Waals surface area contributed by atoms with Crippen molar-refractivity contribution in [2.75, 3.05) is 34.0 Å². The zero-order chi connectivity index (χ0) is 13.9. The van der Waals surface area contributed by atoms with E-state index in [4.69, 9.17) is 10.2 Å². The second kappa shape index (κ2) is 10.9. The molecule has 0 bridgehead atoms. The number of rotatable bonds is 7. The lowest BCUT2D eigenvalue weighted by molar-refractivity contribution is -0.875. The van der Waals surface area contributed by atoms with Crippen LogP contribution in [0, 0.1) is 6.42 Å². The molecule has 3 N–H and O–H groups in total. The van der Waals surface area contributed by atoms with Crippen molar-refractivity contribution in [3.63, 3.8) is 0 Å². The lowest BCUT2D eigenvalue weighted by Gasteiger charge is -2.11. The number of aliphatic hydroxyl groups is 2. The van der Waals surface area contributed by atoms with Crippen LogP contribution in [0.1, 0.15) is 13.8 Å². The summed E-state index contributed by atoms with van der Waals surface area (Å²) in [5, 5.41) is 16.3. The molecule has 0 heterocycles. The van der Waals surface area contributed by atoms with Gasteiger partial charge in [0.1, 0.15) is 0 Å². The van der Waals surface area contributed by atoms with Gasteiger partial charge in [-0.3, -0.25) is 0 Å². The molecule has 0 saturated carbocycles. The zero-order valence-electron chi connectivity index (χ0n) is 10.7. The van der Waals surface area contributed by atoms with Gasteiger partial charge in [-0.25, -0.2) is 4.18 Å². The molecule has 0 aliphatic heterocycles. The fourth-order valence-corrected chi connectivity index (χ4v) is 1.35. The molecule has 0 amide bonds. The van der Waals surface area contributed by atoms with Gasteiger partial charge in [0.05, 0.1) is 26.8 Å². The Kier molecular flexibility index (Phi) is 12.2. The Morgan fingerprint density at radius 2 is 1.82 bits per heavy atom. The van der Waals surface area contributed by atoms with Crippen LogP contribution in [-0.2, 0) is 18.8 Å². The van der Waals surface area contributed by atoms with Crippen LogP contribution in [0.2, 0.25) is 0 Å². The second-order valence-corrected chi connectivity index (χ2v) is 4.80. The van der Waals surface area contributed by atoms with Crippen LogP contribution in [0.25, 0.3) is 0 Å². The van der Waals surface area contributed by atoms with Gasteiger partial charge in [-0.2, -0.15) is 19.5 Å². The Bertz CT molecular complexity index is 252. The largest absolute Gasteiger partial charge is 0.428 e. The van der Waals surface area contributed by atoms with Crippen molar-refractivity contribution < 1.29 is 31.9 Å². The van der Waals surface area contributed by atoms with E-state index in [0.717, 1.165) is 4.90 Å². The summed E-state index contributed by atoms with van der Waals surface area (Å²) in [7, 11) is -0.487. The minimum Gasteiger partial charge on any atom is -0.428 e. The SMILES string of the molecule is CC(CO)OS(=O)(=O)OC[NH+](C)C.C[CH-]CO. The van der Waals surface area contributed by atoms with Crippen LogP contribution in [0.15, 0.2) is 0 Å². The van der Waals surface area contributed by atoms with Crippen LogP contribution >= 0.6 is 0 Å². The van der Waals surface area contributed by atoms with Gasteiger partial charge < -0.3 is 21.5 Å². The summed E-state index contributed by atoms with van der Waals surface area (Å²) in [5.74, 6) is 0. The first kappa shape index (κ1) is 19.1. The number of hydrogen-bond donors (Lipinski definition) is 3. The fraction of sp³-hybridized carbons (Fsp3) is 0.889. The summed E-state index contributed by atoms with van der Waals surface area (Å²) in [5.41, 5.74) is 0. The van der Waals surface area contributed by atoms with Gasteiger partial charge in [0, 0.05) is 0 Å². The fourth-order valence-electron chi connectivity index (χ4n) is 0.449. The number of hydrogen-bond acceptors (Lipinski definition) is 6. The van der Waals surface area contributed by atoms with Crippen LogP contribution in [0.5, 0.6) is 0 Å². The molecule has 0 saturated heterocycles. The second-order valence-electron chi connectivity index (χ2n) is 3.56. The molecular weight excluding hydrogens is 250 g/mol. The third kappa shape index (κ3) is 15.8. The Morgan fingerprint density at radius 1 is 1.35 bits per heavy atom. The summed E-state index contributed by atoms with van der Waals surface area (Å²) < 4.78 is 30.8. The molecule has 17 heavy (non-hydrogen) atoms. The summed E-state index contributed by atoms with van der Waals surface area (Å²) >= 11 is 0. The molecule has 0 rings (SSSR count). The van der Waals surface area contributed by atoms with Crippen molar-refractivity contribution in [1.29, 1.82) is 0 Å². The molecule has 7 nitrogen and oxygen atoms in total. The molecule has 0 spiro atoms. The first-order valence-corrected chi connectivity index (χ1v) is 6.48. The molecule has 0 aromatic carbocycles. The average Bonchev–Trinajstić information content (AvgIpc) is 2.26. The van der Waals surface area contributed by atoms with Gasteiger partial charge in [-0.15, -0.1) is 0 Å². The van der Waals surface area contributed by atoms with Crippen LogP contribution < -0.4 is 4.90 Å². The molecule has 106 valence electrons. The monoisotopic (exact) mass is 273 g/mol. The lowest BCUT2D eigenvalue weighted by atomic mass is 10.5. The maximum atomic E-state index is 10.9. The highest BCUT2D eigenvalue weighted by atomic mass is 32.3. The van der Waals surface area contributed by atoms with E-state index in [1.807, 2.05) is 0 Å².